The fourth-order valence-corrected chi connectivity index (χ4v) is 4.91. The second-order valence-corrected chi connectivity index (χ2v) is 9.05. The van der Waals surface area contributed by atoms with Gasteiger partial charge in [0.2, 0.25) is 12.2 Å². The summed E-state index contributed by atoms with van der Waals surface area (Å²) in [7, 11) is 0. The number of nitrogens with zero attached hydrogens (tertiary/aromatic N) is 3. The Hall–Kier alpha value is -3.30. The number of benzene rings is 2. The van der Waals surface area contributed by atoms with Crippen LogP contribution in [-0.2, 0) is 6.54 Å². The number of carbonyl (C=O) groups is 1. The number of carboxylic acid groups (broad SMARTS) is 1. The number of fused-ring (bicyclic) bond motifs is 2. The van der Waals surface area contributed by atoms with Crippen molar-refractivity contribution in [3.05, 3.63) is 63.7 Å². The lowest BCUT2D eigenvalue weighted by Crippen LogP contribution is -2.46. The van der Waals surface area contributed by atoms with Gasteiger partial charge in [-0.05, 0) is 31.0 Å². The van der Waals surface area contributed by atoms with E-state index < -0.39 is 17.2 Å². The molecule has 0 radical (unpaired) electrons. The number of carboxylic acids is 1. The molecule has 1 aliphatic carbocycles. The molecule has 0 bridgehead atoms. The lowest BCUT2D eigenvalue weighted by atomic mass is 10.1. The molecule has 10 heteroatoms. The van der Waals surface area contributed by atoms with Gasteiger partial charge >= 0.3 is 5.97 Å². The number of anilines is 1. The SMILES string of the molecule is Cl.O=C(O)c1cn(C2CC2)c2cc(N3CCN(Cc4cccc5c4OCO5)CC3)c(F)cc2c1=O. The van der Waals surface area contributed by atoms with Crippen LogP contribution in [0.5, 0.6) is 11.5 Å². The zero-order chi connectivity index (χ0) is 23.4. The van der Waals surface area contributed by atoms with Gasteiger partial charge in [0.05, 0.1) is 11.2 Å². The largest absolute Gasteiger partial charge is 0.477 e. The molecule has 0 spiro atoms. The number of hydrogen-bond donors (Lipinski definition) is 1. The first-order chi connectivity index (χ1) is 16.5. The summed E-state index contributed by atoms with van der Waals surface area (Å²) in [5.41, 5.74) is 1.15. The number of pyridine rings is 1. The quantitative estimate of drug-likeness (QED) is 0.571. The Kier molecular flexibility index (Phi) is 6.06. The minimum atomic E-state index is -1.29. The van der Waals surface area contributed by atoms with E-state index in [9.17, 15) is 14.7 Å². The van der Waals surface area contributed by atoms with E-state index in [1.54, 1.807) is 6.07 Å². The normalized spacial score (nSPS) is 17.5. The molecule has 2 aromatic carbocycles. The zero-order valence-corrected chi connectivity index (χ0v) is 19.7. The molecule has 3 aliphatic rings. The molecule has 2 fully saturated rings. The first kappa shape index (κ1) is 23.4. The highest BCUT2D eigenvalue weighted by atomic mass is 35.5. The third kappa shape index (κ3) is 4.19. The number of aromatic nitrogens is 1. The van der Waals surface area contributed by atoms with Crippen molar-refractivity contribution >= 4 is 35.0 Å². The zero-order valence-electron chi connectivity index (χ0n) is 18.9. The van der Waals surface area contributed by atoms with Crippen LogP contribution in [0.4, 0.5) is 10.1 Å². The van der Waals surface area contributed by atoms with E-state index in [-0.39, 0.29) is 36.2 Å². The fourth-order valence-electron chi connectivity index (χ4n) is 4.91. The molecule has 184 valence electrons. The Bertz CT molecular complexity index is 1370. The number of rotatable bonds is 5. The lowest BCUT2D eigenvalue weighted by molar-refractivity contribution is 0.0695. The highest BCUT2D eigenvalue weighted by Crippen LogP contribution is 2.39. The smallest absolute Gasteiger partial charge is 0.341 e. The van der Waals surface area contributed by atoms with Crippen LogP contribution in [0.2, 0.25) is 0 Å². The topological polar surface area (TPSA) is 84.2 Å². The summed E-state index contributed by atoms with van der Waals surface area (Å²) in [5, 5.41) is 9.54. The van der Waals surface area contributed by atoms with Crippen LogP contribution in [0, 0.1) is 5.82 Å². The van der Waals surface area contributed by atoms with Crippen LogP contribution in [0.3, 0.4) is 0 Å². The summed E-state index contributed by atoms with van der Waals surface area (Å²) in [6.07, 6.45) is 3.25. The number of piperazine rings is 1. The molecule has 0 atom stereocenters. The maximum atomic E-state index is 15.2. The second-order valence-electron chi connectivity index (χ2n) is 9.05. The molecule has 35 heavy (non-hydrogen) atoms. The summed E-state index contributed by atoms with van der Waals surface area (Å²) in [4.78, 5) is 28.5. The average molecular weight is 502 g/mol. The van der Waals surface area contributed by atoms with Crippen molar-refractivity contribution in [2.75, 3.05) is 37.9 Å². The van der Waals surface area contributed by atoms with Crippen molar-refractivity contribution < 1.29 is 23.8 Å². The Morgan fingerprint density at radius 3 is 2.60 bits per heavy atom. The molecule has 3 heterocycles. The van der Waals surface area contributed by atoms with Crippen molar-refractivity contribution in [2.24, 2.45) is 0 Å². The molecule has 2 aliphatic heterocycles. The van der Waals surface area contributed by atoms with E-state index in [4.69, 9.17) is 9.47 Å². The van der Waals surface area contributed by atoms with Gasteiger partial charge in [0, 0.05) is 55.9 Å². The van der Waals surface area contributed by atoms with E-state index in [1.807, 2.05) is 27.7 Å². The second kappa shape index (κ2) is 9.05. The number of hydrogen-bond acceptors (Lipinski definition) is 6. The highest BCUT2D eigenvalue weighted by molar-refractivity contribution is 5.93. The van der Waals surface area contributed by atoms with Crippen LogP contribution >= 0.6 is 12.4 Å². The minimum Gasteiger partial charge on any atom is -0.477 e. The Labute approximate surface area is 206 Å². The average Bonchev–Trinajstić information content (AvgIpc) is 3.55. The molecule has 1 N–H and O–H groups in total. The molecule has 0 amide bonds. The summed E-state index contributed by atoms with van der Waals surface area (Å²) >= 11 is 0. The van der Waals surface area contributed by atoms with Crippen molar-refractivity contribution in [2.45, 2.75) is 25.4 Å². The summed E-state index contributed by atoms with van der Waals surface area (Å²) < 4.78 is 28.1. The van der Waals surface area contributed by atoms with E-state index in [0.29, 0.717) is 24.3 Å². The minimum absolute atomic E-state index is 0. The van der Waals surface area contributed by atoms with Crippen molar-refractivity contribution in [1.82, 2.24) is 9.47 Å². The Balaban J connectivity index is 0.00000253. The molecule has 3 aromatic rings. The van der Waals surface area contributed by atoms with Gasteiger partial charge in [-0.1, -0.05) is 12.1 Å². The third-order valence-corrected chi connectivity index (χ3v) is 6.86. The molecule has 8 nitrogen and oxygen atoms in total. The van der Waals surface area contributed by atoms with Crippen LogP contribution in [0.15, 0.2) is 41.3 Å². The van der Waals surface area contributed by atoms with Gasteiger partial charge in [0.15, 0.2) is 11.5 Å². The standard InChI is InChI=1S/C25H24FN3O5.ClH/c26-19-10-17-20(29(16-4-5-16)13-18(23(17)30)25(31)32)11-21(19)28-8-6-27(7-9-28)12-15-2-1-3-22-24(15)34-14-33-22;/h1-3,10-11,13,16H,4-9,12,14H2,(H,31,32);1H. The van der Waals surface area contributed by atoms with Crippen molar-refractivity contribution in [1.29, 1.82) is 0 Å². The summed E-state index contributed by atoms with van der Waals surface area (Å²) in [5.74, 6) is -0.233. The van der Waals surface area contributed by atoms with E-state index in [2.05, 4.69) is 4.90 Å². The maximum Gasteiger partial charge on any atom is 0.341 e. The van der Waals surface area contributed by atoms with Gasteiger partial charge in [-0.15, -0.1) is 12.4 Å². The van der Waals surface area contributed by atoms with Gasteiger partial charge in [-0.2, -0.15) is 0 Å². The summed E-state index contributed by atoms with van der Waals surface area (Å²) in [6.45, 7) is 3.72. The molecule has 6 rings (SSSR count). The molecular weight excluding hydrogens is 477 g/mol. The predicted octanol–water partition coefficient (Wildman–Crippen LogP) is 3.65. The molecule has 1 aromatic heterocycles. The first-order valence-electron chi connectivity index (χ1n) is 11.5. The number of halogens is 2. The van der Waals surface area contributed by atoms with Gasteiger partial charge < -0.3 is 24.0 Å². The van der Waals surface area contributed by atoms with Crippen molar-refractivity contribution in [3.63, 3.8) is 0 Å². The van der Waals surface area contributed by atoms with E-state index >= 15 is 4.39 Å². The Morgan fingerprint density at radius 2 is 1.89 bits per heavy atom. The molecule has 1 saturated carbocycles. The predicted molar refractivity (Wildman–Crippen MR) is 131 cm³/mol. The van der Waals surface area contributed by atoms with Gasteiger partial charge in [0.25, 0.3) is 0 Å². The molecule has 0 unspecified atom stereocenters. The van der Waals surface area contributed by atoms with Gasteiger partial charge in [0.1, 0.15) is 11.4 Å². The molecular formula is C25H25ClFN3O5. The van der Waals surface area contributed by atoms with Crippen molar-refractivity contribution in [3.8, 4) is 11.5 Å². The first-order valence-corrected chi connectivity index (χ1v) is 11.5. The highest BCUT2D eigenvalue weighted by Gasteiger charge is 2.29. The lowest BCUT2D eigenvalue weighted by Gasteiger charge is -2.36. The van der Waals surface area contributed by atoms with Gasteiger partial charge in [-0.25, -0.2) is 9.18 Å². The Morgan fingerprint density at radius 1 is 1.11 bits per heavy atom. The van der Waals surface area contributed by atoms with Crippen LogP contribution in [0.25, 0.3) is 10.9 Å². The van der Waals surface area contributed by atoms with E-state index in [0.717, 1.165) is 49.5 Å². The van der Waals surface area contributed by atoms with E-state index in [1.165, 1.54) is 12.3 Å². The van der Waals surface area contributed by atoms with Gasteiger partial charge in [-0.3, -0.25) is 9.69 Å². The monoisotopic (exact) mass is 501 g/mol. The van der Waals surface area contributed by atoms with Crippen LogP contribution in [0.1, 0.15) is 34.8 Å². The summed E-state index contributed by atoms with van der Waals surface area (Å²) in [6, 6.07) is 8.95. The molecule has 1 saturated heterocycles. The van der Waals surface area contributed by atoms with Crippen LogP contribution < -0.4 is 19.8 Å². The number of ether oxygens (including phenoxy) is 2. The number of aromatic carboxylic acids is 1. The maximum absolute atomic E-state index is 15.2. The number of para-hydroxylation sites is 1. The van der Waals surface area contributed by atoms with Crippen LogP contribution in [-0.4, -0.2) is 53.5 Å². The fraction of sp³-hybridized carbons (Fsp3) is 0.360. The third-order valence-electron chi connectivity index (χ3n) is 6.86.